The minimum atomic E-state index is -0.347. The van der Waals surface area contributed by atoms with Gasteiger partial charge in [0.15, 0.2) is 6.29 Å². The second-order valence-electron chi connectivity index (χ2n) is 4.37. The minimum absolute atomic E-state index is 0.200. The molecule has 1 N–H and O–H groups in total. The first-order valence-corrected chi connectivity index (χ1v) is 6.72. The summed E-state index contributed by atoms with van der Waals surface area (Å²) in [4.78, 5) is 19.7. The molecule has 3 rings (SSSR count). The highest BCUT2D eigenvalue weighted by Gasteiger charge is 2.18. The zero-order chi connectivity index (χ0) is 14.7. The van der Waals surface area contributed by atoms with Gasteiger partial charge in [0, 0.05) is 11.3 Å². The van der Waals surface area contributed by atoms with Gasteiger partial charge in [0.1, 0.15) is 10.8 Å². The number of anilines is 1. The number of aromatic nitrogens is 2. The summed E-state index contributed by atoms with van der Waals surface area (Å²) in [7, 11) is 0. The van der Waals surface area contributed by atoms with Crippen LogP contribution < -0.4 is 5.32 Å². The molecule has 1 saturated heterocycles. The number of nitrogens with one attached hydrogen (secondary N) is 1. The SMILES string of the molecule is O=C(Nc1ccc(C2OCCO2)cc1)c1cnc(Cl)cn1. The normalized spacial score (nSPS) is 15.1. The molecule has 6 nitrogen and oxygen atoms in total. The van der Waals surface area contributed by atoms with Crippen molar-refractivity contribution in [1.29, 1.82) is 0 Å². The van der Waals surface area contributed by atoms with Crippen LogP contribution in [0.3, 0.4) is 0 Å². The lowest BCUT2D eigenvalue weighted by Crippen LogP contribution is -2.14. The molecule has 1 amide bonds. The van der Waals surface area contributed by atoms with E-state index in [1.54, 1.807) is 12.1 Å². The number of hydrogen-bond acceptors (Lipinski definition) is 5. The van der Waals surface area contributed by atoms with E-state index in [2.05, 4.69) is 15.3 Å². The molecule has 0 atom stereocenters. The van der Waals surface area contributed by atoms with Gasteiger partial charge in [0.2, 0.25) is 0 Å². The molecule has 0 saturated carbocycles. The average Bonchev–Trinajstić information content (AvgIpc) is 3.03. The summed E-state index contributed by atoms with van der Waals surface area (Å²) in [5.41, 5.74) is 1.77. The van der Waals surface area contributed by atoms with Gasteiger partial charge in [0.05, 0.1) is 25.6 Å². The number of nitrogens with zero attached hydrogens (tertiary/aromatic N) is 2. The molecule has 7 heteroatoms. The standard InChI is InChI=1S/C14H12ClN3O3/c15-12-8-16-11(7-17-12)13(19)18-10-3-1-9(2-4-10)14-20-5-6-21-14/h1-4,7-8,14H,5-6H2,(H,18,19). The smallest absolute Gasteiger partial charge is 0.275 e. The molecule has 1 aliphatic heterocycles. The van der Waals surface area contributed by atoms with Crippen LogP contribution in [0.1, 0.15) is 22.3 Å². The molecular formula is C14H12ClN3O3. The third-order valence-electron chi connectivity index (χ3n) is 2.92. The number of hydrogen-bond donors (Lipinski definition) is 1. The Bertz CT molecular complexity index is 625. The van der Waals surface area contributed by atoms with Crippen LogP contribution in [0.25, 0.3) is 0 Å². The second kappa shape index (κ2) is 6.17. The van der Waals surface area contributed by atoms with Crippen molar-refractivity contribution in [3.8, 4) is 0 Å². The van der Waals surface area contributed by atoms with Gasteiger partial charge >= 0.3 is 0 Å². The summed E-state index contributed by atoms with van der Waals surface area (Å²) in [6.07, 6.45) is 2.33. The quantitative estimate of drug-likeness (QED) is 0.942. The Hall–Kier alpha value is -2.02. The van der Waals surface area contributed by atoms with Gasteiger partial charge in [-0.05, 0) is 12.1 Å². The number of benzene rings is 1. The first-order valence-electron chi connectivity index (χ1n) is 6.34. The van der Waals surface area contributed by atoms with E-state index in [4.69, 9.17) is 21.1 Å². The third-order valence-corrected chi connectivity index (χ3v) is 3.11. The Morgan fingerprint density at radius 2 is 1.86 bits per heavy atom. The summed E-state index contributed by atoms with van der Waals surface area (Å²) in [5.74, 6) is -0.347. The molecule has 0 aliphatic carbocycles. The summed E-state index contributed by atoms with van der Waals surface area (Å²) in [5, 5.41) is 2.97. The van der Waals surface area contributed by atoms with Gasteiger partial charge in [-0.3, -0.25) is 4.79 Å². The largest absolute Gasteiger partial charge is 0.346 e. The van der Waals surface area contributed by atoms with Crippen molar-refractivity contribution in [3.63, 3.8) is 0 Å². The zero-order valence-corrected chi connectivity index (χ0v) is 11.7. The van der Waals surface area contributed by atoms with Crippen LogP contribution in [0, 0.1) is 0 Å². The van der Waals surface area contributed by atoms with Crippen molar-refractivity contribution in [2.24, 2.45) is 0 Å². The molecule has 1 aliphatic rings. The van der Waals surface area contributed by atoms with Crippen molar-refractivity contribution < 1.29 is 14.3 Å². The van der Waals surface area contributed by atoms with E-state index in [9.17, 15) is 4.79 Å². The Morgan fingerprint density at radius 1 is 1.14 bits per heavy atom. The minimum Gasteiger partial charge on any atom is -0.346 e. The van der Waals surface area contributed by atoms with E-state index < -0.39 is 0 Å². The van der Waals surface area contributed by atoms with Crippen molar-refractivity contribution in [2.75, 3.05) is 18.5 Å². The van der Waals surface area contributed by atoms with E-state index >= 15 is 0 Å². The molecule has 21 heavy (non-hydrogen) atoms. The van der Waals surface area contributed by atoms with Crippen molar-refractivity contribution in [2.45, 2.75) is 6.29 Å². The molecule has 1 aromatic carbocycles. The molecule has 0 unspecified atom stereocenters. The fraction of sp³-hybridized carbons (Fsp3) is 0.214. The topological polar surface area (TPSA) is 73.3 Å². The van der Waals surface area contributed by atoms with Crippen molar-refractivity contribution in [3.05, 3.63) is 53.1 Å². The summed E-state index contributed by atoms with van der Waals surface area (Å²) in [6, 6.07) is 7.25. The summed E-state index contributed by atoms with van der Waals surface area (Å²) >= 11 is 5.63. The van der Waals surface area contributed by atoms with Crippen molar-refractivity contribution >= 4 is 23.2 Å². The van der Waals surface area contributed by atoms with Crippen LogP contribution in [0.4, 0.5) is 5.69 Å². The number of carbonyl (C=O) groups is 1. The number of ether oxygens (including phenoxy) is 2. The molecular weight excluding hydrogens is 294 g/mol. The van der Waals surface area contributed by atoms with E-state index in [1.165, 1.54) is 12.4 Å². The summed E-state index contributed by atoms with van der Waals surface area (Å²) in [6.45, 7) is 1.19. The number of amides is 1. The molecule has 1 fully saturated rings. The van der Waals surface area contributed by atoms with Crippen molar-refractivity contribution in [1.82, 2.24) is 9.97 Å². The van der Waals surface area contributed by atoms with Crippen LogP contribution >= 0.6 is 11.6 Å². The Labute approximate surface area is 126 Å². The molecule has 108 valence electrons. The predicted octanol–water partition coefficient (Wildman–Crippen LogP) is 2.43. The van der Waals surface area contributed by atoms with Crippen LogP contribution in [0.2, 0.25) is 5.15 Å². The summed E-state index contributed by atoms with van der Waals surface area (Å²) < 4.78 is 10.8. The number of rotatable bonds is 3. The Balaban J connectivity index is 1.67. The van der Waals surface area contributed by atoms with Crippen LogP contribution in [0.5, 0.6) is 0 Å². The first kappa shape index (κ1) is 13.9. The highest BCUT2D eigenvalue weighted by molar-refractivity contribution is 6.29. The lowest BCUT2D eigenvalue weighted by Gasteiger charge is -2.10. The lowest BCUT2D eigenvalue weighted by molar-refractivity contribution is -0.0441. The maximum atomic E-state index is 12.0. The van der Waals surface area contributed by atoms with Gasteiger partial charge in [0.25, 0.3) is 5.91 Å². The number of halogens is 1. The zero-order valence-electron chi connectivity index (χ0n) is 11.0. The molecule has 1 aromatic heterocycles. The van der Waals surface area contributed by atoms with Crippen LogP contribution in [-0.2, 0) is 9.47 Å². The molecule has 0 radical (unpaired) electrons. The van der Waals surface area contributed by atoms with Gasteiger partial charge in [-0.2, -0.15) is 0 Å². The predicted molar refractivity (Wildman–Crippen MR) is 76.1 cm³/mol. The fourth-order valence-corrected chi connectivity index (χ4v) is 2.00. The Morgan fingerprint density at radius 3 is 2.48 bits per heavy atom. The monoisotopic (exact) mass is 305 g/mol. The molecule has 2 heterocycles. The maximum absolute atomic E-state index is 12.0. The van der Waals surface area contributed by atoms with Gasteiger partial charge < -0.3 is 14.8 Å². The van der Waals surface area contributed by atoms with E-state index in [1.807, 2.05) is 12.1 Å². The Kier molecular flexibility index (Phi) is 4.10. The average molecular weight is 306 g/mol. The lowest BCUT2D eigenvalue weighted by atomic mass is 10.2. The second-order valence-corrected chi connectivity index (χ2v) is 4.76. The van der Waals surface area contributed by atoms with Crippen LogP contribution in [-0.4, -0.2) is 29.1 Å². The first-order chi connectivity index (χ1) is 10.2. The van der Waals surface area contributed by atoms with E-state index in [-0.39, 0.29) is 23.0 Å². The highest BCUT2D eigenvalue weighted by Crippen LogP contribution is 2.24. The molecule has 2 aromatic rings. The van der Waals surface area contributed by atoms with E-state index in [0.717, 1.165) is 5.56 Å². The van der Waals surface area contributed by atoms with Gasteiger partial charge in [-0.15, -0.1) is 0 Å². The molecule has 0 spiro atoms. The fourth-order valence-electron chi connectivity index (χ4n) is 1.90. The molecule has 0 bridgehead atoms. The highest BCUT2D eigenvalue weighted by atomic mass is 35.5. The number of carbonyl (C=O) groups excluding carboxylic acids is 1. The van der Waals surface area contributed by atoms with Crippen LogP contribution in [0.15, 0.2) is 36.7 Å². The third kappa shape index (κ3) is 3.36. The van der Waals surface area contributed by atoms with Gasteiger partial charge in [-0.25, -0.2) is 9.97 Å². The van der Waals surface area contributed by atoms with Gasteiger partial charge in [-0.1, -0.05) is 23.7 Å². The maximum Gasteiger partial charge on any atom is 0.275 e. The van der Waals surface area contributed by atoms with E-state index in [0.29, 0.717) is 18.9 Å².